The van der Waals surface area contributed by atoms with Crippen molar-refractivity contribution in [2.75, 3.05) is 19.8 Å². The molecule has 0 fully saturated rings. The van der Waals surface area contributed by atoms with E-state index in [-0.39, 0.29) is 6.61 Å². The van der Waals surface area contributed by atoms with Crippen LogP contribution in [0.2, 0.25) is 0 Å². The summed E-state index contributed by atoms with van der Waals surface area (Å²) in [7, 11) is 0. The predicted octanol–water partition coefficient (Wildman–Crippen LogP) is 2.70. The molecule has 0 amide bonds. The Kier molecular flexibility index (Phi) is 6.38. The average molecular weight is 317 g/mol. The first-order valence-corrected chi connectivity index (χ1v) is 7.29. The van der Waals surface area contributed by atoms with E-state index in [0.29, 0.717) is 23.8 Å². The highest BCUT2D eigenvalue weighted by atomic mass is 16.6. The van der Waals surface area contributed by atoms with E-state index in [1.54, 1.807) is 24.4 Å². The third-order valence-corrected chi connectivity index (χ3v) is 2.96. The smallest absolute Gasteiger partial charge is 0.329 e. The first kappa shape index (κ1) is 16.8. The Morgan fingerprint density at radius 1 is 1.13 bits per heavy atom. The van der Waals surface area contributed by atoms with Crippen molar-refractivity contribution in [1.82, 2.24) is 4.98 Å². The van der Waals surface area contributed by atoms with Gasteiger partial charge in [0.1, 0.15) is 19.3 Å². The van der Waals surface area contributed by atoms with Crippen LogP contribution >= 0.6 is 0 Å². The van der Waals surface area contributed by atoms with Gasteiger partial charge in [-0.2, -0.15) is 0 Å². The zero-order valence-electron chi connectivity index (χ0n) is 12.8. The van der Waals surface area contributed by atoms with Gasteiger partial charge in [0.15, 0.2) is 11.5 Å². The summed E-state index contributed by atoms with van der Waals surface area (Å²) < 4.78 is 16.6. The van der Waals surface area contributed by atoms with Crippen molar-refractivity contribution in [2.45, 2.75) is 13.0 Å². The lowest BCUT2D eigenvalue weighted by Crippen LogP contribution is -2.19. The minimum absolute atomic E-state index is 0.133. The molecule has 2 rings (SSSR count). The van der Waals surface area contributed by atoms with Crippen LogP contribution in [0, 0.1) is 0 Å². The number of benzene rings is 1. The largest absolute Gasteiger partial charge is 0.490 e. The SMILES string of the molecule is CCOc1ccccc1OCC(OCC(=O)O)c1ccccn1. The normalized spacial score (nSPS) is 11.7. The van der Waals surface area contributed by atoms with Gasteiger partial charge in [0.25, 0.3) is 0 Å². The van der Waals surface area contributed by atoms with Gasteiger partial charge in [-0.3, -0.25) is 4.98 Å². The summed E-state index contributed by atoms with van der Waals surface area (Å²) in [6.07, 6.45) is 1.04. The number of aromatic nitrogens is 1. The van der Waals surface area contributed by atoms with E-state index in [4.69, 9.17) is 19.3 Å². The van der Waals surface area contributed by atoms with Crippen LogP contribution in [0.4, 0.5) is 0 Å². The van der Waals surface area contributed by atoms with Crippen LogP contribution in [-0.2, 0) is 9.53 Å². The number of nitrogens with zero attached hydrogens (tertiary/aromatic N) is 1. The number of carboxylic acid groups (broad SMARTS) is 1. The fourth-order valence-corrected chi connectivity index (χ4v) is 1.97. The Labute approximate surface area is 134 Å². The molecule has 6 heteroatoms. The monoisotopic (exact) mass is 317 g/mol. The van der Waals surface area contributed by atoms with Crippen molar-refractivity contribution in [3.8, 4) is 11.5 Å². The number of ether oxygens (including phenoxy) is 3. The number of rotatable bonds is 9. The zero-order chi connectivity index (χ0) is 16.5. The summed E-state index contributed by atoms with van der Waals surface area (Å²) in [5.41, 5.74) is 0.614. The molecule has 0 saturated heterocycles. The predicted molar refractivity (Wildman–Crippen MR) is 83.7 cm³/mol. The molecule has 1 unspecified atom stereocenters. The lowest BCUT2D eigenvalue weighted by molar-refractivity contribution is -0.145. The van der Waals surface area contributed by atoms with Gasteiger partial charge in [-0.25, -0.2) is 4.79 Å². The van der Waals surface area contributed by atoms with Crippen molar-refractivity contribution in [3.05, 3.63) is 54.4 Å². The van der Waals surface area contributed by atoms with E-state index in [1.807, 2.05) is 31.2 Å². The van der Waals surface area contributed by atoms with Crippen LogP contribution in [0.3, 0.4) is 0 Å². The second-order valence-corrected chi connectivity index (χ2v) is 4.64. The molecule has 1 aromatic carbocycles. The third kappa shape index (κ3) is 5.27. The summed E-state index contributed by atoms with van der Waals surface area (Å²) in [5.74, 6) is 0.169. The average Bonchev–Trinajstić information content (AvgIpc) is 2.57. The van der Waals surface area contributed by atoms with E-state index < -0.39 is 18.7 Å². The Hall–Kier alpha value is -2.60. The number of carboxylic acids is 1. The van der Waals surface area contributed by atoms with Crippen molar-refractivity contribution < 1.29 is 24.1 Å². The van der Waals surface area contributed by atoms with Crippen molar-refractivity contribution in [1.29, 1.82) is 0 Å². The lowest BCUT2D eigenvalue weighted by atomic mass is 10.2. The molecule has 6 nitrogen and oxygen atoms in total. The van der Waals surface area contributed by atoms with Gasteiger partial charge >= 0.3 is 5.97 Å². The van der Waals surface area contributed by atoms with Crippen LogP contribution in [0.25, 0.3) is 0 Å². The minimum Gasteiger partial charge on any atom is -0.490 e. The van der Waals surface area contributed by atoms with Crippen LogP contribution < -0.4 is 9.47 Å². The Morgan fingerprint density at radius 3 is 2.43 bits per heavy atom. The number of hydrogen-bond donors (Lipinski definition) is 1. The maximum Gasteiger partial charge on any atom is 0.329 e. The maximum atomic E-state index is 10.7. The van der Waals surface area contributed by atoms with Gasteiger partial charge in [0.2, 0.25) is 0 Å². The molecule has 2 aromatic rings. The van der Waals surface area contributed by atoms with Crippen LogP contribution in [0.15, 0.2) is 48.7 Å². The van der Waals surface area contributed by atoms with Crippen molar-refractivity contribution >= 4 is 5.97 Å². The number of hydrogen-bond acceptors (Lipinski definition) is 5. The molecule has 122 valence electrons. The highest BCUT2D eigenvalue weighted by Gasteiger charge is 2.17. The van der Waals surface area contributed by atoms with E-state index in [2.05, 4.69) is 4.98 Å². The molecule has 1 heterocycles. The van der Waals surface area contributed by atoms with Crippen LogP contribution in [0.1, 0.15) is 18.7 Å². The van der Waals surface area contributed by atoms with Gasteiger partial charge in [-0.15, -0.1) is 0 Å². The standard InChI is InChI=1S/C17H19NO5/c1-2-21-14-8-3-4-9-15(14)22-11-16(23-12-17(19)20)13-7-5-6-10-18-13/h3-10,16H,2,11-12H2,1H3,(H,19,20). The van der Waals surface area contributed by atoms with Crippen molar-refractivity contribution in [3.63, 3.8) is 0 Å². The Morgan fingerprint density at radius 2 is 1.83 bits per heavy atom. The summed E-state index contributed by atoms with van der Waals surface area (Å²) in [6, 6.07) is 12.7. The fraction of sp³-hybridized carbons (Fsp3) is 0.294. The van der Waals surface area contributed by atoms with E-state index in [0.717, 1.165) is 0 Å². The second-order valence-electron chi connectivity index (χ2n) is 4.64. The van der Waals surface area contributed by atoms with Gasteiger partial charge in [-0.05, 0) is 31.2 Å². The van der Waals surface area contributed by atoms with Crippen LogP contribution in [0.5, 0.6) is 11.5 Å². The van der Waals surface area contributed by atoms with Gasteiger partial charge in [0, 0.05) is 6.20 Å². The first-order valence-electron chi connectivity index (χ1n) is 7.29. The highest BCUT2D eigenvalue weighted by Crippen LogP contribution is 2.28. The van der Waals surface area contributed by atoms with E-state index in [9.17, 15) is 4.79 Å². The quantitative estimate of drug-likeness (QED) is 0.766. The van der Waals surface area contributed by atoms with E-state index in [1.165, 1.54) is 0 Å². The van der Waals surface area contributed by atoms with E-state index >= 15 is 0 Å². The molecule has 0 aliphatic heterocycles. The molecule has 1 N–H and O–H groups in total. The first-order chi connectivity index (χ1) is 11.2. The number of para-hydroxylation sites is 2. The molecule has 0 bridgehead atoms. The highest BCUT2D eigenvalue weighted by molar-refractivity contribution is 5.68. The molecule has 1 aromatic heterocycles. The minimum atomic E-state index is -1.04. The topological polar surface area (TPSA) is 77.9 Å². The summed E-state index contributed by atoms with van der Waals surface area (Å²) in [4.78, 5) is 14.9. The summed E-state index contributed by atoms with van der Waals surface area (Å²) in [6.45, 7) is 2.13. The van der Waals surface area contributed by atoms with Gasteiger partial charge < -0.3 is 19.3 Å². The molecular formula is C17H19NO5. The number of carbonyl (C=O) groups is 1. The van der Waals surface area contributed by atoms with Gasteiger partial charge in [0.05, 0.1) is 12.3 Å². The molecule has 23 heavy (non-hydrogen) atoms. The van der Waals surface area contributed by atoms with Crippen molar-refractivity contribution in [2.24, 2.45) is 0 Å². The molecule has 0 saturated carbocycles. The molecule has 0 aliphatic carbocycles. The fourth-order valence-electron chi connectivity index (χ4n) is 1.97. The molecule has 1 atom stereocenters. The number of pyridine rings is 1. The summed E-state index contributed by atoms with van der Waals surface area (Å²) in [5, 5.41) is 8.80. The maximum absolute atomic E-state index is 10.7. The second kappa shape index (κ2) is 8.75. The molecule has 0 radical (unpaired) electrons. The molecule has 0 aliphatic rings. The zero-order valence-corrected chi connectivity index (χ0v) is 12.8. The lowest BCUT2D eigenvalue weighted by Gasteiger charge is -2.18. The number of aliphatic carboxylic acids is 1. The van der Waals surface area contributed by atoms with Crippen LogP contribution in [-0.4, -0.2) is 35.9 Å². The Bertz CT molecular complexity index is 617. The molecule has 0 spiro atoms. The Balaban J connectivity index is 2.07. The third-order valence-electron chi connectivity index (χ3n) is 2.96. The molecular weight excluding hydrogens is 298 g/mol. The summed E-state index contributed by atoms with van der Waals surface area (Å²) >= 11 is 0. The van der Waals surface area contributed by atoms with Gasteiger partial charge in [-0.1, -0.05) is 18.2 Å².